The molecule has 4 N–H and O–H groups in total. The van der Waals surface area contributed by atoms with Crippen molar-refractivity contribution in [2.24, 2.45) is 5.73 Å². The smallest absolute Gasteiger partial charge is 0.248 e. The summed E-state index contributed by atoms with van der Waals surface area (Å²) in [5, 5.41) is 13.7. The van der Waals surface area contributed by atoms with Gasteiger partial charge >= 0.3 is 0 Å². The van der Waals surface area contributed by atoms with Gasteiger partial charge in [-0.25, -0.2) is 0 Å². The van der Waals surface area contributed by atoms with Gasteiger partial charge in [-0.1, -0.05) is 42.5 Å². The minimum absolute atomic E-state index is 0.293. The largest absolute Gasteiger partial charge is 0.387 e. The van der Waals surface area contributed by atoms with Crippen molar-refractivity contribution in [2.75, 3.05) is 6.54 Å². The molecule has 2 aromatic rings. The average molecular weight is 326 g/mol. The average Bonchev–Trinajstić information content (AvgIpc) is 2.59. The molecular weight excluding hydrogens is 300 g/mol. The van der Waals surface area contributed by atoms with Gasteiger partial charge in [0.2, 0.25) is 5.91 Å². The van der Waals surface area contributed by atoms with Crippen molar-refractivity contribution in [1.82, 2.24) is 5.32 Å². The third-order valence-corrected chi connectivity index (χ3v) is 4.28. The molecule has 0 spiro atoms. The van der Waals surface area contributed by atoms with Crippen LogP contribution in [0.25, 0.3) is 0 Å². The van der Waals surface area contributed by atoms with Gasteiger partial charge in [0.25, 0.3) is 0 Å². The van der Waals surface area contributed by atoms with Crippen molar-refractivity contribution >= 4 is 5.91 Å². The Morgan fingerprint density at radius 2 is 1.92 bits per heavy atom. The maximum absolute atomic E-state index is 11.4. The van der Waals surface area contributed by atoms with E-state index in [4.69, 9.17) is 5.73 Å². The maximum atomic E-state index is 11.4. The lowest BCUT2D eigenvalue weighted by atomic mass is 10.0. The summed E-state index contributed by atoms with van der Waals surface area (Å²) in [7, 11) is 0. The fourth-order valence-corrected chi connectivity index (χ4v) is 2.67. The number of aliphatic hydroxyl groups is 1. The van der Waals surface area contributed by atoms with Crippen LogP contribution >= 0.6 is 0 Å². The summed E-state index contributed by atoms with van der Waals surface area (Å²) in [6, 6.07) is 16.0. The lowest BCUT2D eigenvalue weighted by Crippen LogP contribution is -2.31. The van der Waals surface area contributed by atoms with Gasteiger partial charge in [-0.2, -0.15) is 0 Å². The van der Waals surface area contributed by atoms with Crippen LogP contribution in [0.1, 0.15) is 46.5 Å². The summed E-state index contributed by atoms with van der Waals surface area (Å²) in [6.45, 7) is 4.39. The Kier molecular flexibility index (Phi) is 6.53. The summed E-state index contributed by atoms with van der Waals surface area (Å²) in [4.78, 5) is 11.4. The van der Waals surface area contributed by atoms with Crippen LogP contribution in [0.5, 0.6) is 0 Å². The van der Waals surface area contributed by atoms with E-state index in [0.29, 0.717) is 23.7 Å². The highest BCUT2D eigenvalue weighted by atomic mass is 16.3. The van der Waals surface area contributed by atoms with E-state index in [-0.39, 0.29) is 0 Å². The molecule has 128 valence electrons. The molecule has 0 aliphatic carbocycles. The fourth-order valence-electron chi connectivity index (χ4n) is 2.67. The number of rotatable bonds is 8. The number of hydrogen-bond donors (Lipinski definition) is 3. The predicted octanol–water partition coefficient (Wildman–Crippen LogP) is 2.74. The first-order valence-electron chi connectivity index (χ1n) is 8.33. The van der Waals surface area contributed by atoms with Crippen molar-refractivity contribution in [3.05, 3.63) is 70.8 Å². The molecule has 0 saturated heterocycles. The first-order valence-corrected chi connectivity index (χ1v) is 8.33. The molecule has 0 aliphatic heterocycles. The highest BCUT2D eigenvalue weighted by Crippen LogP contribution is 2.17. The van der Waals surface area contributed by atoms with Crippen LogP contribution < -0.4 is 11.1 Å². The first-order chi connectivity index (χ1) is 11.5. The van der Waals surface area contributed by atoms with E-state index in [0.717, 1.165) is 18.4 Å². The quantitative estimate of drug-likeness (QED) is 0.698. The van der Waals surface area contributed by atoms with Crippen molar-refractivity contribution in [3.8, 4) is 0 Å². The minimum Gasteiger partial charge on any atom is -0.387 e. The standard InChI is InChI=1S/C20H26N2O2/c1-14-8-11-17(12-18(14)20(21)24)19(23)13-22-15(2)9-10-16-6-4-3-5-7-16/h3-8,11-12,15,19,22-23H,9-10,13H2,1-2H3,(H2,21,24). The number of amides is 1. The number of carbonyl (C=O) groups excluding carboxylic acids is 1. The number of benzene rings is 2. The molecule has 2 aromatic carbocycles. The lowest BCUT2D eigenvalue weighted by Gasteiger charge is -2.18. The van der Waals surface area contributed by atoms with E-state index in [2.05, 4.69) is 24.4 Å². The Morgan fingerprint density at radius 1 is 1.21 bits per heavy atom. The zero-order valence-electron chi connectivity index (χ0n) is 14.3. The molecule has 0 fully saturated rings. The van der Waals surface area contributed by atoms with Crippen molar-refractivity contribution in [3.63, 3.8) is 0 Å². The van der Waals surface area contributed by atoms with Gasteiger partial charge in [-0.3, -0.25) is 4.79 Å². The van der Waals surface area contributed by atoms with E-state index in [1.54, 1.807) is 6.07 Å². The monoisotopic (exact) mass is 326 g/mol. The number of aliphatic hydroxyl groups excluding tert-OH is 1. The molecule has 0 bridgehead atoms. The summed E-state index contributed by atoms with van der Waals surface area (Å²) in [5.74, 6) is -0.467. The zero-order valence-corrected chi connectivity index (χ0v) is 14.3. The molecule has 0 aliphatic rings. The molecule has 0 aromatic heterocycles. The number of primary amides is 1. The summed E-state index contributed by atoms with van der Waals surface area (Å²) in [6.07, 6.45) is 1.33. The molecule has 0 saturated carbocycles. The number of hydrogen-bond acceptors (Lipinski definition) is 3. The number of nitrogens with one attached hydrogen (secondary N) is 1. The van der Waals surface area contributed by atoms with Gasteiger partial charge in [0, 0.05) is 18.2 Å². The van der Waals surface area contributed by atoms with Gasteiger partial charge in [0.1, 0.15) is 0 Å². The Hall–Kier alpha value is -2.17. The number of nitrogens with two attached hydrogens (primary N) is 1. The topological polar surface area (TPSA) is 75.3 Å². The van der Waals surface area contributed by atoms with E-state index in [1.807, 2.05) is 37.3 Å². The van der Waals surface area contributed by atoms with Gasteiger partial charge in [-0.15, -0.1) is 0 Å². The minimum atomic E-state index is -0.664. The SMILES string of the molecule is Cc1ccc(C(O)CNC(C)CCc2ccccc2)cc1C(N)=O. The lowest BCUT2D eigenvalue weighted by molar-refractivity contribution is 0.0999. The normalized spacial score (nSPS) is 13.5. The predicted molar refractivity (Wildman–Crippen MR) is 96.9 cm³/mol. The van der Waals surface area contributed by atoms with Crippen LogP contribution in [-0.2, 0) is 6.42 Å². The number of aryl methyl sites for hydroxylation is 2. The first kappa shape index (κ1) is 18.2. The molecule has 0 heterocycles. The second-order valence-corrected chi connectivity index (χ2v) is 6.29. The highest BCUT2D eigenvalue weighted by molar-refractivity contribution is 5.94. The molecule has 4 nitrogen and oxygen atoms in total. The van der Waals surface area contributed by atoms with Crippen LogP contribution in [0, 0.1) is 6.92 Å². The molecule has 2 rings (SSSR count). The second-order valence-electron chi connectivity index (χ2n) is 6.29. The van der Waals surface area contributed by atoms with Crippen molar-refractivity contribution in [2.45, 2.75) is 38.8 Å². The van der Waals surface area contributed by atoms with Gasteiger partial charge < -0.3 is 16.2 Å². The van der Waals surface area contributed by atoms with E-state index >= 15 is 0 Å². The van der Waals surface area contributed by atoms with E-state index in [1.165, 1.54) is 5.56 Å². The Labute approximate surface area is 143 Å². The third-order valence-electron chi connectivity index (χ3n) is 4.28. The summed E-state index contributed by atoms with van der Waals surface area (Å²) >= 11 is 0. The Morgan fingerprint density at radius 3 is 2.58 bits per heavy atom. The van der Waals surface area contributed by atoms with Gasteiger partial charge in [0.15, 0.2) is 0 Å². The van der Waals surface area contributed by atoms with Crippen LogP contribution in [0.15, 0.2) is 48.5 Å². The van der Waals surface area contributed by atoms with Gasteiger partial charge in [0.05, 0.1) is 6.10 Å². The zero-order chi connectivity index (χ0) is 17.5. The van der Waals surface area contributed by atoms with Crippen LogP contribution in [0.2, 0.25) is 0 Å². The van der Waals surface area contributed by atoms with Crippen molar-refractivity contribution in [1.29, 1.82) is 0 Å². The third kappa shape index (κ3) is 5.18. The van der Waals surface area contributed by atoms with E-state index < -0.39 is 12.0 Å². The fraction of sp³-hybridized carbons (Fsp3) is 0.350. The maximum Gasteiger partial charge on any atom is 0.248 e. The van der Waals surface area contributed by atoms with E-state index in [9.17, 15) is 9.90 Å². The molecule has 24 heavy (non-hydrogen) atoms. The Bertz CT molecular complexity index is 671. The highest BCUT2D eigenvalue weighted by Gasteiger charge is 2.13. The van der Waals surface area contributed by atoms with Crippen LogP contribution in [0.3, 0.4) is 0 Å². The molecule has 4 heteroatoms. The Balaban J connectivity index is 1.85. The van der Waals surface area contributed by atoms with Gasteiger partial charge in [-0.05, 0) is 49.4 Å². The molecular formula is C20H26N2O2. The molecule has 2 atom stereocenters. The molecule has 2 unspecified atom stereocenters. The van der Waals surface area contributed by atoms with Crippen LogP contribution in [0.4, 0.5) is 0 Å². The molecule has 1 amide bonds. The molecule has 0 radical (unpaired) electrons. The summed E-state index contributed by atoms with van der Waals surface area (Å²) in [5.41, 5.74) is 8.67. The second kappa shape index (κ2) is 8.62. The van der Waals surface area contributed by atoms with Crippen LogP contribution in [-0.4, -0.2) is 23.6 Å². The number of carbonyl (C=O) groups is 1. The summed E-state index contributed by atoms with van der Waals surface area (Å²) < 4.78 is 0. The van der Waals surface area contributed by atoms with Crippen molar-refractivity contribution < 1.29 is 9.90 Å².